The minimum absolute atomic E-state index is 0.0665. The molecular weight excluding hydrogens is 300 g/mol. The van der Waals surface area contributed by atoms with E-state index < -0.39 is 0 Å². The van der Waals surface area contributed by atoms with Gasteiger partial charge < -0.3 is 9.80 Å². The molecule has 0 N–H and O–H groups in total. The average molecular weight is 324 g/mol. The molecule has 1 aliphatic heterocycles. The Morgan fingerprint density at radius 2 is 1.83 bits per heavy atom. The first-order valence-corrected chi connectivity index (χ1v) is 8.50. The monoisotopic (exact) mass is 324 g/mol. The summed E-state index contributed by atoms with van der Waals surface area (Å²) in [6.45, 7) is 9.25. The van der Waals surface area contributed by atoms with Crippen LogP contribution in [0.2, 0.25) is 0 Å². The first-order chi connectivity index (χ1) is 11.6. The van der Waals surface area contributed by atoms with Crippen LogP contribution < -0.4 is 4.90 Å². The third-order valence-electron chi connectivity index (χ3n) is 4.50. The van der Waals surface area contributed by atoms with Crippen LogP contribution in [0.25, 0.3) is 0 Å². The van der Waals surface area contributed by atoms with E-state index in [1.54, 1.807) is 12.4 Å². The van der Waals surface area contributed by atoms with Gasteiger partial charge in [-0.15, -0.1) is 0 Å². The minimum atomic E-state index is 0.0665. The third kappa shape index (κ3) is 3.40. The number of aryl methyl sites for hydroxylation is 3. The summed E-state index contributed by atoms with van der Waals surface area (Å²) >= 11 is 0. The van der Waals surface area contributed by atoms with Crippen LogP contribution in [0.15, 0.2) is 30.7 Å². The fourth-order valence-electron chi connectivity index (χ4n) is 3.13. The molecule has 0 unspecified atom stereocenters. The Morgan fingerprint density at radius 1 is 1.08 bits per heavy atom. The molecule has 0 spiro atoms. The predicted molar refractivity (Wildman–Crippen MR) is 95.4 cm³/mol. The minimum Gasteiger partial charge on any atom is -0.353 e. The number of pyridine rings is 2. The van der Waals surface area contributed by atoms with Gasteiger partial charge in [-0.1, -0.05) is 13.0 Å². The fraction of sp³-hybridized carbons (Fsp3) is 0.421. The third-order valence-corrected chi connectivity index (χ3v) is 4.50. The summed E-state index contributed by atoms with van der Waals surface area (Å²) in [6.07, 6.45) is 6.37. The average Bonchev–Trinajstić information content (AvgIpc) is 2.61. The quantitative estimate of drug-likeness (QED) is 0.871. The summed E-state index contributed by atoms with van der Waals surface area (Å²) in [6, 6.07) is 4.11. The van der Waals surface area contributed by atoms with Crippen molar-refractivity contribution in [3.05, 3.63) is 53.0 Å². The second-order valence-corrected chi connectivity index (χ2v) is 6.37. The molecule has 0 atom stereocenters. The highest BCUT2D eigenvalue weighted by Gasteiger charge is 2.23. The Hall–Kier alpha value is -2.43. The summed E-state index contributed by atoms with van der Waals surface area (Å²) in [5, 5.41) is 0. The number of anilines is 1. The van der Waals surface area contributed by atoms with Crippen molar-refractivity contribution in [1.29, 1.82) is 0 Å². The van der Waals surface area contributed by atoms with Crippen molar-refractivity contribution >= 4 is 11.7 Å². The van der Waals surface area contributed by atoms with Crippen LogP contribution in [-0.2, 0) is 6.42 Å². The molecule has 3 heterocycles. The molecule has 5 nitrogen and oxygen atoms in total. The fourth-order valence-corrected chi connectivity index (χ4v) is 3.13. The van der Waals surface area contributed by atoms with E-state index in [2.05, 4.69) is 34.8 Å². The summed E-state index contributed by atoms with van der Waals surface area (Å²) in [5.41, 5.74) is 4.15. The molecule has 2 aromatic heterocycles. The number of carbonyl (C=O) groups is 1. The first-order valence-electron chi connectivity index (χ1n) is 8.50. The summed E-state index contributed by atoms with van der Waals surface area (Å²) < 4.78 is 0. The second-order valence-electron chi connectivity index (χ2n) is 6.37. The van der Waals surface area contributed by atoms with Crippen molar-refractivity contribution in [2.24, 2.45) is 0 Å². The van der Waals surface area contributed by atoms with E-state index in [9.17, 15) is 4.79 Å². The Labute approximate surface area is 143 Å². The molecule has 24 heavy (non-hydrogen) atoms. The van der Waals surface area contributed by atoms with Gasteiger partial charge in [-0.25, -0.2) is 4.98 Å². The van der Waals surface area contributed by atoms with Gasteiger partial charge in [-0.2, -0.15) is 0 Å². The van der Waals surface area contributed by atoms with Gasteiger partial charge in [0.2, 0.25) is 0 Å². The van der Waals surface area contributed by atoms with Crippen molar-refractivity contribution in [3.63, 3.8) is 0 Å². The van der Waals surface area contributed by atoms with Gasteiger partial charge in [-0.3, -0.25) is 9.78 Å². The highest BCUT2D eigenvalue weighted by Crippen LogP contribution is 2.20. The highest BCUT2D eigenvalue weighted by atomic mass is 16.2. The maximum absolute atomic E-state index is 12.6. The van der Waals surface area contributed by atoms with Crippen LogP contribution >= 0.6 is 0 Å². The van der Waals surface area contributed by atoms with E-state index in [-0.39, 0.29) is 5.91 Å². The van der Waals surface area contributed by atoms with Gasteiger partial charge in [0.1, 0.15) is 5.82 Å². The molecule has 0 aromatic carbocycles. The number of nitrogens with zero attached hydrogens (tertiary/aromatic N) is 4. The van der Waals surface area contributed by atoms with E-state index in [0.717, 1.165) is 30.9 Å². The maximum atomic E-state index is 12.6. The number of piperazine rings is 1. The van der Waals surface area contributed by atoms with Crippen LogP contribution in [0.4, 0.5) is 5.82 Å². The molecule has 1 amide bonds. The highest BCUT2D eigenvalue weighted by molar-refractivity contribution is 5.94. The zero-order valence-corrected chi connectivity index (χ0v) is 14.6. The van der Waals surface area contributed by atoms with Gasteiger partial charge in [0.05, 0.1) is 5.56 Å². The number of amides is 1. The summed E-state index contributed by atoms with van der Waals surface area (Å²) in [7, 11) is 0. The lowest BCUT2D eigenvalue weighted by atomic mass is 10.1. The summed E-state index contributed by atoms with van der Waals surface area (Å²) in [4.78, 5) is 25.5. The first kappa shape index (κ1) is 16.4. The van der Waals surface area contributed by atoms with Gasteiger partial charge in [0.25, 0.3) is 5.91 Å². The van der Waals surface area contributed by atoms with Crippen LogP contribution in [-0.4, -0.2) is 47.0 Å². The van der Waals surface area contributed by atoms with E-state index >= 15 is 0 Å². The molecule has 0 aliphatic carbocycles. The SMILES string of the molecule is CCc1cnc(N2CCN(C(=O)c3cncc(C)c3)CC2)c(C)c1. The van der Waals surface area contributed by atoms with Gasteiger partial charge in [0.15, 0.2) is 0 Å². The Morgan fingerprint density at radius 3 is 2.46 bits per heavy atom. The lowest BCUT2D eigenvalue weighted by Crippen LogP contribution is -2.49. The van der Waals surface area contributed by atoms with Gasteiger partial charge in [0, 0.05) is 44.8 Å². The van der Waals surface area contributed by atoms with Crippen molar-refractivity contribution < 1.29 is 4.79 Å². The van der Waals surface area contributed by atoms with Crippen LogP contribution in [0.1, 0.15) is 34.0 Å². The molecule has 0 radical (unpaired) electrons. The zero-order valence-electron chi connectivity index (χ0n) is 14.6. The molecule has 2 aromatic rings. The molecular formula is C19H24N4O. The van der Waals surface area contributed by atoms with E-state index in [4.69, 9.17) is 0 Å². The Kier molecular flexibility index (Phi) is 4.79. The van der Waals surface area contributed by atoms with Crippen molar-refractivity contribution in [2.45, 2.75) is 27.2 Å². The zero-order chi connectivity index (χ0) is 17.1. The Bertz CT molecular complexity index is 736. The predicted octanol–water partition coefficient (Wildman–Crippen LogP) is 2.62. The second kappa shape index (κ2) is 6.99. The molecule has 5 heteroatoms. The van der Waals surface area contributed by atoms with E-state index in [1.165, 1.54) is 11.1 Å². The number of hydrogen-bond donors (Lipinski definition) is 0. The van der Waals surface area contributed by atoms with Gasteiger partial charge >= 0.3 is 0 Å². The molecule has 0 bridgehead atoms. The van der Waals surface area contributed by atoms with Crippen LogP contribution in [0, 0.1) is 13.8 Å². The number of aromatic nitrogens is 2. The van der Waals surface area contributed by atoms with Gasteiger partial charge in [-0.05, 0) is 43.0 Å². The molecule has 0 saturated carbocycles. The smallest absolute Gasteiger partial charge is 0.255 e. The topological polar surface area (TPSA) is 49.3 Å². The van der Waals surface area contributed by atoms with E-state index in [1.807, 2.05) is 24.1 Å². The van der Waals surface area contributed by atoms with Crippen LogP contribution in [0.3, 0.4) is 0 Å². The standard InChI is InChI=1S/C19H24N4O/c1-4-16-10-15(3)18(21-12-16)22-5-7-23(8-6-22)19(24)17-9-14(2)11-20-13-17/h9-13H,4-8H2,1-3H3. The molecule has 1 saturated heterocycles. The largest absolute Gasteiger partial charge is 0.353 e. The number of rotatable bonds is 3. The summed E-state index contributed by atoms with van der Waals surface area (Å²) in [5.74, 6) is 1.10. The van der Waals surface area contributed by atoms with Crippen molar-refractivity contribution in [3.8, 4) is 0 Å². The van der Waals surface area contributed by atoms with Crippen molar-refractivity contribution in [1.82, 2.24) is 14.9 Å². The van der Waals surface area contributed by atoms with E-state index in [0.29, 0.717) is 18.7 Å². The van der Waals surface area contributed by atoms with Crippen LogP contribution in [0.5, 0.6) is 0 Å². The number of hydrogen-bond acceptors (Lipinski definition) is 4. The normalized spacial score (nSPS) is 14.8. The number of carbonyl (C=O) groups excluding carboxylic acids is 1. The molecule has 126 valence electrons. The molecule has 3 rings (SSSR count). The molecule has 1 aliphatic rings. The lowest BCUT2D eigenvalue weighted by Gasteiger charge is -2.36. The maximum Gasteiger partial charge on any atom is 0.255 e. The van der Waals surface area contributed by atoms with Crippen molar-refractivity contribution in [2.75, 3.05) is 31.1 Å². The lowest BCUT2D eigenvalue weighted by molar-refractivity contribution is 0.0746. The molecule has 1 fully saturated rings. The Balaban J connectivity index is 1.66.